The van der Waals surface area contributed by atoms with Gasteiger partial charge >= 0.3 is 0 Å². The zero-order chi connectivity index (χ0) is 17.6. The van der Waals surface area contributed by atoms with Crippen molar-refractivity contribution in [2.75, 3.05) is 6.54 Å². The minimum Gasteiger partial charge on any atom is -0.351 e. The van der Waals surface area contributed by atoms with Crippen LogP contribution in [0, 0.1) is 0 Å². The zero-order valence-corrected chi connectivity index (χ0v) is 14.6. The molecule has 1 aromatic carbocycles. The summed E-state index contributed by atoms with van der Waals surface area (Å²) >= 11 is 6.10. The van der Waals surface area contributed by atoms with E-state index in [4.69, 9.17) is 11.6 Å². The Morgan fingerprint density at radius 3 is 2.76 bits per heavy atom. The minimum absolute atomic E-state index is 0.242. The normalized spacial score (nSPS) is 10.6. The maximum absolute atomic E-state index is 12.6. The van der Waals surface area contributed by atoms with Gasteiger partial charge in [-0.1, -0.05) is 36.2 Å². The van der Waals surface area contributed by atoms with E-state index in [-0.39, 0.29) is 11.6 Å². The molecule has 3 rings (SSSR count). The van der Waals surface area contributed by atoms with Crippen molar-refractivity contribution >= 4 is 17.5 Å². The van der Waals surface area contributed by atoms with Crippen molar-refractivity contribution in [1.82, 2.24) is 25.3 Å². The van der Waals surface area contributed by atoms with E-state index in [1.54, 1.807) is 29.2 Å². The van der Waals surface area contributed by atoms with Crippen LogP contribution in [0.4, 0.5) is 0 Å². The molecule has 0 radical (unpaired) electrons. The van der Waals surface area contributed by atoms with Gasteiger partial charge in [0.2, 0.25) is 0 Å². The Hall–Kier alpha value is -2.73. The van der Waals surface area contributed by atoms with Gasteiger partial charge in [-0.3, -0.25) is 9.78 Å². The number of carbonyl (C=O) groups excluding carboxylic acids is 1. The highest BCUT2D eigenvalue weighted by molar-refractivity contribution is 6.30. The lowest BCUT2D eigenvalue weighted by molar-refractivity contribution is 0.0949. The molecule has 0 atom stereocenters. The van der Waals surface area contributed by atoms with Gasteiger partial charge in [-0.15, -0.1) is 5.10 Å². The molecule has 0 spiro atoms. The van der Waals surface area contributed by atoms with Gasteiger partial charge in [0.05, 0.1) is 5.69 Å². The van der Waals surface area contributed by atoms with Crippen molar-refractivity contribution in [1.29, 1.82) is 0 Å². The van der Waals surface area contributed by atoms with Crippen LogP contribution in [0.2, 0.25) is 5.02 Å². The average Bonchev–Trinajstić information content (AvgIpc) is 3.08. The molecule has 0 saturated heterocycles. The van der Waals surface area contributed by atoms with Crippen LogP contribution in [0.1, 0.15) is 30.3 Å². The number of hydrogen-bond donors (Lipinski definition) is 1. The number of aromatic nitrogens is 4. The van der Waals surface area contributed by atoms with Crippen LogP contribution in [0.15, 0.2) is 48.8 Å². The summed E-state index contributed by atoms with van der Waals surface area (Å²) in [6.45, 7) is 2.68. The van der Waals surface area contributed by atoms with Crippen molar-refractivity contribution in [2.24, 2.45) is 0 Å². The van der Waals surface area contributed by atoms with Gasteiger partial charge in [-0.05, 0) is 36.8 Å². The molecule has 1 N–H and O–H groups in total. The highest BCUT2D eigenvalue weighted by atomic mass is 35.5. The number of carbonyl (C=O) groups is 1. The fourth-order valence-electron chi connectivity index (χ4n) is 2.45. The molecule has 0 bridgehead atoms. The van der Waals surface area contributed by atoms with E-state index in [0.29, 0.717) is 17.3 Å². The molecule has 0 saturated carbocycles. The molecule has 0 aliphatic carbocycles. The van der Waals surface area contributed by atoms with Gasteiger partial charge < -0.3 is 5.32 Å². The highest BCUT2D eigenvalue weighted by Crippen LogP contribution is 2.26. The van der Waals surface area contributed by atoms with Crippen LogP contribution in [0.5, 0.6) is 0 Å². The number of nitrogens with one attached hydrogen (secondary N) is 1. The number of pyridine rings is 1. The van der Waals surface area contributed by atoms with E-state index in [1.165, 1.54) is 0 Å². The van der Waals surface area contributed by atoms with Crippen molar-refractivity contribution in [2.45, 2.75) is 19.8 Å². The highest BCUT2D eigenvalue weighted by Gasteiger charge is 2.22. The third-order valence-electron chi connectivity index (χ3n) is 3.71. The summed E-state index contributed by atoms with van der Waals surface area (Å²) in [5, 5.41) is 11.8. The molecule has 128 valence electrons. The Kier molecular flexibility index (Phi) is 5.40. The van der Waals surface area contributed by atoms with Gasteiger partial charge in [-0.25, -0.2) is 4.68 Å². The number of rotatable bonds is 6. The van der Waals surface area contributed by atoms with Gasteiger partial charge in [0, 0.05) is 29.5 Å². The summed E-state index contributed by atoms with van der Waals surface area (Å²) in [5.41, 5.74) is 2.43. The molecule has 2 aromatic heterocycles. The van der Waals surface area contributed by atoms with E-state index in [2.05, 4.69) is 27.5 Å². The van der Waals surface area contributed by atoms with E-state index in [1.807, 2.05) is 24.3 Å². The van der Waals surface area contributed by atoms with Crippen LogP contribution in [0.25, 0.3) is 16.9 Å². The summed E-state index contributed by atoms with van der Waals surface area (Å²) in [6.07, 6.45) is 5.26. The topological polar surface area (TPSA) is 72.7 Å². The average molecular weight is 356 g/mol. The van der Waals surface area contributed by atoms with Gasteiger partial charge in [-0.2, -0.15) is 0 Å². The van der Waals surface area contributed by atoms with E-state index >= 15 is 0 Å². The molecule has 3 aromatic rings. The Labute approximate surface area is 150 Å². The number of hydrogen-bond acceptors (Lipinski definition) is 4. The van der Waals surface area contributed by atoms with Crippen LogP contribution in [-0.2, 0) is 0 Å². The molecule has 2 heterocycles. The van der Waals surface area contributed by atoms with E-state index < -0.39 is 0 Å². The smallest absolute Gasteiger partial charge is 0.274 e. The molecule has 0 unspecified atom stereocenters. The number of halogens is 1. The first-order chi connectivity index (χ1) is 12.2. The standard InChI is InChI=1S/C18H18ClN5O/c1-2-3-9-21-18(25)16-17(13-7-10-20-11-8-13)24(23-22-16)15-6-4-5-14(19)12-15/h4-8,10-12H,2-3,9H2,1H3,(H,21,25). The van der Waals surface area contributed by atoms with Gasteiger partial charge in [0.15, 0.2) is 5.69 Å². The monoisotopic (exact) mass is 355 g/mol. The third kappa shape index (κ3) is 3.85. The quantitative estimate of drug-likeness (QED) is 0.687. The van der Waals surface area contributed by atoms with Crippen LogP contribution in [0.3, 0.4) is 0 Å². The van der Waals surface area contributed by atoms with Crippen molar-refractivity contribution in [3.63, 3.8) is 0 Å². The lowest BCUT2D eigenvalue weighted by Gasteiger charge is -2.09. The number of benzene rings is 1. The second-order valence-electron chi connectivity index (χ2n) is 5.52. The molecule has 6 nitrogen and oxygen atoms in total. The maximum atomic E-state index is 12.6. The van der Waals surface area contributed by atoms with E-state index in [9.17, 15) is 4.79 Å². The predicted octanol–water partition coefficient (Wildman–Crippen LogP) is 3.51. The molecular weight excluding hydrogens is 338 g/mol. The molecule has 0 fully saturated rings. The summed E-state index contributed by atoms with van der Waals surface area (Å²) < 4.78 is 1.62. The largest absolute Gasteiger partial charge is 0.351 e. The molecule has 0 aliphatic heterocycles. The first kappa shape index (κ1) is 17.1. The summed E-state index contributed by atoms with van der Waals surface area (Å²) in [5.74, 6) is -0.242. The SMILES string of the molecule is CCCCNC(=O)c1nnn(-c2cccc(Cl)c2)c1-c1ccncc1. The number of nitrogens with zero attached hydrogens (tertiary/aromatic N) is 4. The fourth-order valence-corrected chi connectivity index (χ4v) is 2.64. The lowest BCUT2D eigenvalue weighted by atomic mass is 10.1. The summed E-state index contributed by atoms with van der Waals surface area (Å²) in [4.78, 5) is 16.6. The molecule has 0 aliphatic rings. The Morgan fingerprint density at radius 1 is 1.24 bits per heavy atom. The van der Waals surface area contributed by atoms with Crippen LogP contribution >= 0.6 is 11.6 Å². The summed E-state index contributed by atoms with van der Waals surface area (Å²) in [7, 11) is 0. The molecule has 7 heteroatoms. The Balaban J connectivity index is 2.06. The van der Waals surface area contributed by atoms with Gasteiger partial charge in [0.25, 0.3) is 5.91 Å². The second-order valence-corrected chi connectivity index (χ2v) is 5.96. The first-order valence-electron chi connectivity index (χ1n) is 8.11. The minimum atomic E-state index is -0.242. The zero-order valence-electron chi connectivity index (χ0n) is 13.8. The molecular formula is C18H18ClN5O. The third-order valence-corrected chi connectivity index (χ3v) is 3.94. The first-order valence-corrected chi connectivity index (χ1v) is 8.48. The number of unbranched alkanes of at least 4 members (excludes halogenated alkanes) is 1. The summed E-state index contributed by atoms with van der Waals surface area (Å²) in [6, 6.07) is 10.9. The van der Waals surface area contributed by atoms with Crippen molar-refractivity contribution < 1.29 is 4.79 Å². The fraction of sp³-hybridized carbons (Fsp3) is 0.222. The maximum Gasteiger partial charge on any atom is 0.274 e. The molecule has 25 heavy (non-hydrogen) atoms. The lowest BCUT2D eigenvalue weighted by Crippen LogP contribution is -2.25. The van der Waals surface area contributed by atoms with Crippen molar-refractivity contribution in [3.05, 3.63) is 59.5 Å². The van der Waals surface area contributed by atoms with Gasteiger partial charge in [0.1, 0.15) is 5.69 Å². The van der Waals surface area contributed by atoms with Crippen molar-refractivity contribution in [3.8, 4) is 16.9 Å². The molecule has 1 amide bonds. The van der Waals surface area contributed by atoms with Crippen LogP contribution in [-0.4, -0.2) is 32.4 Å². The van der Waals surface area contributed by atoms with E-state index in [0.717, 1.165) is 24.1 Å². The second kappa shape index (κ2) is 7.90. The predicted molar refractivity (Wildman–Crippen MR) is 96.8 cm³/mol. The van der Waals surface area contributed by atoms with Crippen LogP contribution < -0.4 is 5.32 Å². The Bertz CT molecular complexity index is 863. The Morgan fingerprint density at radius 2 is 2.04 bits per heavy atom. The number of amides is 1.